The molecule has 0 saturated heterocycles. The van der Waals surface area contributed by atoms with E-state index in [4.69, 9.17) is 9.15 Å². The lowest BCUT2D eigenvalue weighted by Crippen LogP contribution is -2.25. The fourth-order valence-electron chi connectivity index (χ4n) is 2.00. The van der Waals surface area contributed by atoms with E-state index in [-0.39, 0.29) is 5.91 Å². The summed E-state index contributed by atoms with van der Waals surface area (Å²) in [6.07, 6.45) is 3.44. The van der Waals surface area contributed by atoms with Gasteiger partial charge in [-0.15, -0.1) is 0 Å². The van der Waals surface area contributed by atoms with Crippen LogP contribution >= 0.6 is 0 Å². The van der Waals surface area contributed by atoms with Crippen LogP contribution < -0.4 is 10.1 Å². The average molecular weight is 288 g/mol. The minimum atomic E-state index is 0.0288. The van der Waals surface area contributed by atoms with E-state index in [1.54, 1.807) is 13.3 Å². The highest BCUT2D eigenvalue weighted by Crippen LogP contribution is 2.13. The number of rotatable bonds is 7. The number of aryl methyl sites for hydroxylation is 2. The van der Waals surface area contributed by atoms with Crippen molar-refractivity contribution in [3.63, 3.8) is 0 Å². The van der Waals surface area contributed by atoms with Gasteiger partial charge < -0.3 is 14.5 Å². The third-order valence-electron chi connectivity index (χ3n) is 3.11. The van der Waals surface area contributed by atoms with Gasteiger partial charge in [-0.3, -0.25) is 4.79 Å². The Morgan fingerprint density at radius 2 is 2.24 bits per heavy atom. The Bertz CT molecular complexity index is 593. The highest BCUT2D eigenvalue weighted by atomic mass is 16.5. The Balaban J connectivity index is 1.69. The average Bonchev–Trinajstić information content (AvgIpc) is 2.91. The summed E-state index contributed by atoms with van der Waals surface area (Å²) in [5.74, 6) is 2.28. The van der Waals surface area contributed by atoms with Crippen molar-refractivity contribution in [2.75, 3.05) is 13.7 Å². The van der Waals surface area contributed by atoms with Crippen LogP contribution in [0.3, 0.4) is 0 Å². The molecule has 0 fully saturated rings. The molecule has 2 rings (SSSR count). The van der Waals surface area contributed by atoms with Crippen molar-refractivity contribution in [3.8, 4) is 5.75 Å². The predicted octanol–water partition coefficient (Wildman–Crippen LogP) is 2.28. The van der Waals surface area contributed by atoms with Crippen LogP contribution in [0.25, 0.3) is 0 Å². The minimum Gasteiger partial charge on any atom is -0.497 e. The topological polar surface area (TPSA) is 64.4 Å². The monoisotopic (exact) mass is 288 g/mol. The zero-order valence-electron chi connectivity index (χ0n) is 12.4. The Kier molecular flexibility index (Phi) is 5.37. The van der Waals surface area contributed by atoms with Crippen molar-refractivity contribution >= 4 is 5.91 Å². The molecule has 1 aromatic heterocycles. The van der Waals surface area contributed by atoms with Gasteiger partial charge in [0, 0.05) is 19.4 Å². The molecule has 5 heteroatoms. The number of aromatic nitrogens is 1. The first kappa shape index (κ1) is 15.1. The summed E-state index contributed by atoms with van der Waals surface area (Å²) in [4.78, 5) is 15.9. The zero-order chi connectivity index (χ0) is 15.1. The molecule has 0 radical (unpaired) electrons. The smallest absolute Gasteiger partial charge is 0.220 e. The molecule has 5 nitrogen and oxygen atoms in total. The van der Waals surface area contributed by atoms with Gasteiger partial charge in [0.2, 0.25) is 5.91 Å². The highest BCUT2D eigenvalue weighted by molar-refractivity contribution is 5.76. The molecule has 0 aliphatic heterocycles. The van der Waals surface area contributed by atoms with Crippen molar-refractivity contribution in [3.05, 3.63) is 47.7 Å². The molecule has 0 atom stereocenters. The number of benzene rings is 1. The number of carbonyl (C=O) groups is 1. The lowest BCUT2D eigenvalue weighted by Gasteiger charge is -2.05. The third kappa shape index (κ3) is 4.95. The number of hydrogen-bond donors (Lipinski definition) is 1. The number of carbonyl (C=O) groups excluding carboxylic acids is 1. The maximum Gasteiger partial charge on any atom is 0.220 e. The van der Waals surface area contributed by atoms with Gasteiger partial charge in [0.25, 0.3) is 0 Å². The molecule has 0 aliphatic carbocycles. The SMILES string of the molecule is COc1cccc(CCC(=O)NCCc2ncc(C)o2)c1. The lowest BCUT2D eigenvalue weighted by molar-refractivity contribution is -0.121. The van der Waals surface area contributed by atoms with Gasteiger partial charge in [0.15, 0.2) is 5.89 Å². The largest absolute Gasteiger partial charge is 0.497 e. The predicted molar refractivity (Wildman–Crippen MR) is 79.3 cm³/mol. The van der Waals surface area contributed by atoms with Gasteiger partial charge in [-0.05, 0) is 31.0 Å². The first-order chi connectivity index (χ1) is 10.2. The zero-order valence-corrected chi connectivity index (χ0v) is 12.4. The van der Waals surface area contributed by atoms with Crippen LogP contribution in [0.4, 0.5) is 0 Å². The summed E-state index contributed by atoms with van der Waals surface area (Å²) in [5.41, 5.74) is 1.09. The highest BCUT2D eigenvalue weighted by Gasteiger charge is 2.05. The molecule has 1 aromatic carbocycles. The number of nitrogens with one attached hydrogen (secondary N) is 1. The van der Waals surface area contributed by atoms with Crippen molar-refractivity contribution in [2.45, 2.75) is 26.2 Å². The Labute approximate surface area is 124 Å². The van der Waals surface area contributed by atoms with Crippen LogP contribution in [-0.2, 0) is 17.6 Å². The normalized spacial score (nSPS) is 10.4. The Morgan fingerprint density at radius 1 is 1.38 bits per heavy atom. The first-order valence-electron chi connectivity index (χ1n) is 6.98. The van der Waals surface area contributed by atoms with E-state index in [2.05, 4.69) is 10.3 Å². The molecule has 1 N–H and O–H groups in total. The van der Waals surface area contributed by atoms with Gasteiger partial charge in [0.05, 0.1) is 13.3 Å². The number of nitrogens with zero attached hydrogens (tertiary/aromatic N) is 1. The number of ether oxygens (including phenoxy) is 1. The third-order valence-corrected chi connectivity index (χ3v) is 3.11. The molecule has 0 spiro atoms. The molecule has 1 heterocycles. The molecule has 21 heavy (non-hydrogen) atoms. The molecule has 2 aromatic rings. The van der Waals surface area contributed by atoms with Crippen LogP contribution in [0.2, 0.25) is 0 Å². The summed E-state index contributed by atoms with van der Waals surface area (Å²) >= 11 is 0. The number of amides is 1. The van der Waals surface area contributed by atoms with E-state index >= 15 is 0 Å². The number of hydrogen-bond acceptors (Lipinski definition) is 4. The van der Waals surface area contributed by atoms with Crippen molar-refractivity contribution in [1.29, 1.82) is 0 Å². The van der Waals surface area contributed by atoms with E-state index in [1.165, 1.54) is 0 Å². The molecule has 112 valence electrons. The summed E-state index contributed by atoms with van der Waals surface area (Å²) in [6.45, 7) is 2.39. The second-order valence-corrected chi connectivity index (χ2v) is 4.82. The molecular formula is C16H20N2O3. The standard InChI is InChI=1S/C16H20N2O3/c1-12-11-18-16(21-12)8-9-17-15(19)7-6-13-4-3-5-14(10-13)20-2/h3-5,10-11H,6-9H2,1-2H3,(H,17,19). The van der Waals surface area contributed by atoms with Crippen molar-refractivity contribution in [1.82, 2.24) is 10.3 Å². The van der Waals surface area contributed by atoms with E-state index in [0.717, 1.165) is 17.1 Å². The maximum atomic E-state index is 11.8. The van der Waals surface area contributed by atoms with Gasteiger partial charge in [0.1, 0.15) is 11.5 Å². The van der Waals surface area contributed by atoms with Crippen LogP contribution in [0, 0.1) is 6.92 Å². The second-order valence-electron chi connectivity index (χ2n) is 4.82. The van der Waals surface area contributed by atoms with Gasteiger partial charge >= 0.3 is 0 Å². The lowest BCUT2D eigenvalue weighted by atomic mass is 10.1. The molecule has 0 bridgehead atoms. The number of methoxy groups -OCH3 is 1. The summed E-state index contributed by atoms with van der Waals surface area (Å²) in [5, 5.41) is 2.87. The maximum absolute atomic E-state index is 11.8. The number of oxazole rings is 1. The molecule has 0 unspecified atom stereocenters. The molecular weight excluding hydrogens is 268 g/mol. The first-order valence-corrected chi connectivity index (χ1v) is 6.98. The minimum absolute atomic E-state index is 0.0288. The summed E-state index contributed by atoms with van der Waals surface area (Å²) in [7, 11) is 1.64. The van der Waals surface area contributed by atoms with E-state index in [0.29, 0.717) is 31.7 Å². The van der Waals surface area contributed by atoms with Crippen LogP contribution in [0.15, 0.2) is 34.9 Å². The molecule has 0 saturated carbocycles. The Hall–Kier alpha value is -2.30. The van der Waals surface area contributed by atoms with Gasteiger partial charge in [-0.2, -0.15) is 0 Å². The Morgan fingerprint density at radius 3 is 2.95 bits per heavy atom. The van der Waals surface area contributed by atoms with Crippen LogP contribution in [0.5, 0.6) is 5.75 Å². The van der Waals surface area contributed by atoms with E-state index in [1.807, 2.05) is 31.2 Å². The van der Waals surface area contributed by atoms with Crippen molar-refractivity contribution in [2.24, 2.45) is 0 Å². The van der Waals surface area contributed by atoms with E-state index < -0.39 is 0 Å². The van der Waals surface area contributed by atoms with Crippen LogP contribution in [0.1, 0.15) is 23.6 Å². The van der Waals surface area contributed by atoms with Gasteiger partial charge in [-0.1, -0.05) is 12.1 Å². The molecule has 0 aliphatic rings. The van der Waals surface area contributed by atoms with Crippen LogP contribution in [-0.4, -0.2) is 24.5 Å². The van der Waals surface area contributed by atoms with Crippen molar-refractivity contribution < 1.29 is 13.9 Å². The quantitative estimate of drug-likeness (QED) is 0.849. The summed E-state index contributed by atoms with van der Waals surface area (Å²) in [6, 6.07) is 7.76. The van der Waals surface area contributed by atoms with E-state index in [9.17, 15) is 4.79 Å². The fraction of sp³-hybridized carbons (Fsp3) is 0.375. The van der Waals surface area contributed by atoms with Gasteiger partial charge in [-0.25, -0.2) is 4.98 Å². The fourth-order valence-corrected chi connectivity index (χ4v) is 2.00. The molecule has 1 amide bonds. The summed E-state index contributed by atoms with van der Waals surface area (Å²) < 4.78 is 10.5. The second kappa shape index (κ2) is 7.47.